The Bertz CT molecular complexity index is 697. The molecule has 0 heterocycles. The van der Waals surface area contributed by atoms with Gasteiger partial charge in [0, 0.05) is 0 Å². The average Bonchev–Trinajstić information content (AvgIpc) is 2.55. The second-order valence-electron chi connectivity index (χ2n) is 5.00. The smallest absolute Gasteiger partial charge is 0.311 e. The average molecular weight is 381 g/mol. The molecule has 5 nitrogen and oxygen atoms in total. The lowest BCUT2D eigenvalue weighted by Crippen LogP contribution is -2.14. The van der Waals surface area contributed by atoms with E-state index in [1.807, 2.05) is 0 Å². The minimum atomic E-state index is -0.918. The molecule has 0 aliphatic heterocycles. The first-order valence-electron chi connectivity index (χ1n) is 6.88. The number of benzene rings is 2. The Morgan fingerprint density at radius 3 is 2.35 bits per heavy atom. The standard InChI is InChI=1S/C17H17BrO5/c1-22-12-5-3-11(4-6-12)13(17(20)21)7-10-8-14(18)16(19)15(9-10)23-2/h3-6,8-9,13,19H,7H2,1-2H3,(H,20,21). The van der Waals surface area contributed by atoms with Crippen LogP contribution in [0.3, 0.4) is 0 Å². The minimum absolute atomic E-state index is 0.00688. The second-order valence-corrected chi connectivity index (χ2v) is 5.85. The molecular formula is C17H17BrO5. The van der Waals surface area contributed by atoms with Crippen molar-refractivity contribution in [2.75, 3.05) is 14.2 Å². The summed E-state index contributed by atoms with van der Waals surface area (Å²) >= 11 is 3.25. The summed E-state index contributed by atoms with van der Waals surface area (Å²) in [5, 5.41) is 19.4. The van der Waals surface area contributed by atoms with E-state index in [1.54, 1.807) is 43.5 Å². The van der Waals surface area contributed by atoms with E-state index in [0.29, 0.717) is 21.5 Å². The van der Waals surface area contributed by atoms with Gasteiger partial charge in [-0.1, -0.05) is 12.1 Å². The lowest BCUT2D eigenvalue weighted by Gasteiger charge is -2.15. The summed E-state index contributed by atoms with van der Waals surface area (Å²) in [7, 11) is 3.01. The van der Waals surface area contributed by atoms with Crippen LogP contribution in [-0.2, 0) is 11.2 Å². The van der Waals surface area contributed by atoms with E-state index in [9.17, 15) is 15.0 Å². The van der Waals surface area contributed by atoms with E-state index in [0.717, 1.165) is 5.56 Å². The number of methoxy groups -OCH3 is 2. The SMILES string of the molecule is COc1ccc(C(Cc2cc(Br)c(O)c(OC)c2)C(=O)O)cc1. The number of hydrogen-bond acceptors (Lipinski definition) is 4. The summed E-state index contributed by atoms with van der Waals surface area (Å²) in [5.41, 5.74) is 1.43. The molecule has 1 unspecified atom stereocenters. The molecular weight excluding hydrogens is 364 g/mol. The number of carbonyl (C=O) groups is 1. The highest BCUT2D eigenvalue weighted by atomic mass is 79.9. The van der Waals surface area contributed by atoms with Gasteiger partial charge in [-0.25, -0.2) is 0 Å². The van der Waals surface area contributed by atoms with Gasteiger partial charge < -0.3 is 19.7 Å². The molecule has 0 saturated carbocycles. The zero-order valence-electron chi connectivity index (χ0n) is 12.7. The van der Waals surface area contributed by atoms with Gasteiger partial charge in [-0.3, -0.25) is 4.79 Å². The van der Waals surface area contributed by atoms with Crippen LogP contribution in [0.15, 0.2) is 40.9 Å². The molecule has 0 aliphatic rings. The van der Waals surface area contributed by atoms with Gasteiger partial charge in [0.25, 0.3) is 0 Å². The fourth-order valence-electron chi connectivity index (χ4n) is 2.32. The number of aliphatic carboxylic acids is 1. The third-order valence-corrected chi connectivity index (χ3v) is 4.17. The molecule has 0 fully saturated rings. The van der Waals surface area contributed by atoms with Crippen LogP contribution in [0.2, 0.25) is 0 Å². The van der Waals surface area contributed by atoms with E-state index in [2.05, 4.69) is 15.9 Å². The Kier molecular flexibility index (Phi) is 5.50. The van der Waals surface area contributed by atoms with Gasteiger partial charge in [-0.15, -0.1) is 0 Å². The number of phenols is 1. The Labute approximate surface area is 142 Å². The zero-order chi connectivity index (χ0) is 17.0. The summed E-state index contributed by atoms with van der Waals surface area (Å²) in [5.74, 6) is -0.659. The van der Waals surface area contributed by atoms with Crippen molar-refractivity contribution in [3.8, 4) is 17.2 Å². The summed E-state index contributed by atoms with van der Waals surface area (Å²) < 4.78 is 10.7. The largest absolute Gasteiger partial charge is 0.503 e. The number of hydrogen-bond donors (Lipinski definition) is 2. The molecule has 0 radical (unpaired) electrons. The van der Waals surface area contributed by atoms with E-state index in [-0.39, 0.29) is 12.2 Å². The Morgan fingerprint density at radius 2 is 1.83 bits per heavy atom. The number of rotatable bonds is 6. The molecule has 1 atom stereocenters. The number of halogens is 1. The first-order chi connectivity index (χ1) is 11.0. The summed E-state index contributed by atoms with van der Waals surface area (Å²) in [6.07, 6.45) is 0.275. The lowest BCUT2D eigenvalue weighted by molar-refractivity contribution is -0.138. The maximum Gasteiger partial charge on any atom is 0.311 e. The van der Waals surface area contributed by atoms with Gasteiger partial charge in [0.1, 0.15) is 5.75 Å². The molecule has 23 heavy (non-hydrogen) atoms. The monoisotopic (exact) mass is 380 g/mol. The third kappa shape index (κ3) is 3.96. The quantitative estimate of drug-likeness (QED) is 0.800. The minimum Gasteiger partial charge on any atom is -0.503 e. The van der Waals surface area contributed by atoms with Crippen LogP contribution < -0.4 is 9.47 Å². The molecule has 2 rings (SSSR count). The Balaban J connectivity index is 2.32. The predicted molar refractivity (Wildman–Crippen MR) is 89.4 cm³/mol. The molecule has 6 heteroatoms. The van der Waals surface area contributed by atoms with Crippen molar-refractivity contribution in [3.63, 3.8) is 0 Å². The molecule has 0 bridgehead atoms. The van der Waals surface area contributed by atoms with Crippen molar-refractivity contribution in [1.82, 2.24) is 0 Å². The Morgan fingerprint density at radius 1 is 1.17 bits per heavy atom. The Hall–Kier alpha value is -2.21. The van der Waals surface area contributed by atoms with Crippen LogP contribution in [0.5, 0.6) is 17.2 Å². The number of carboxylic acid groups (broad SMARTS) is 1. The lowest BCUT2D eigenvalue weighted by atomic mass is 9.92. The van der Waals surface area contributed by atoms with Gasteiger partial charge in [0.2, 0.25) is 0 Å². The number of carboxylic acids is 1. The molecule has 2 aromatic rings. The molecule has 0 aliphatic carbocycles. The van der Waals surface area contributed by atoms with Crippen LogP contribution >= 0.6 is 15.9 Å². The van der Waals surface area contributed by atoms with E-state index in [4.69, 9.17) is 9.47 Å². The van der Waals surface area contributed by atoms with Gasteiger partial charge in [-0.05, 0) is 57.7 Å². The second kappa shape index (κ2) is 7.37. The van der Waals surface area contributed by atoms with E-state index < -0.39 is 11.9 Å². The summed E-state index contributed by atoms with van der Waals surface area (Å²) in [4.78, 5) is 11.6. The van der Waals surface area contributed by atoms with Gasteiger partial charge in [0.15, 0.2) is 11.5 Å². The van der Waals surface area contributed by atoms with Gasteiger partial charge >= 0.3 is 5.97 Å². The van der Waals surface area contributed by atoms with Crippen LogP contribution in [0.1, 0.15) is 17.0 Å². The molecule has 2 aromatic carbocycles. The molecule has 0 aromatic heterocycles. The normalized spacial score (nSPS) is 11.8. The fraction of sp³-hybridized carbons (Fsp3) is 0.235. The fourth-order valence-corrected chi connectivity index (χ4v) is 2.81. The third-order valence-electron chi connectivity index (χ3n) is 3.56. The van der Waals surface area contributed by atoms with Crippen molar-refractivity contribution >= 4 is 21.9 Å². The van der Waals surface area contributed by atoms with Crippen molar-refractivity contribution in [2.24, 2.45) is 0 Å². The molecule has 2 N–H and O–H groups in total. The number of phenolic OH excluding ortho intramolecular Hbond substituents is 1. The number of aromatic hydroxyl groups is 1. The maximum atomic E-state index is 11.6. The van der Waals surface area contributed by atoms with E-state index in [1.165, 1.54) is 7.11 Å². The number of ether oxygens (including phenoxy) is 2. The van der Waals surface area contributed by atoms with Gasteiger partial charge in [0.05, 0.1) is 24.6 Å². The van der Waals surface area contributed by atoms with Crippen LogP contribution in [0, 0.1) is 0 Å². The maximum absolute atomic E-state index is 11.6. The molecule has 0 saturated heterocycles. The van der Waals surface area contributed by atoms with Crippen molar-refractivity contribution in [2.45, 2.75) is 12.3 Å². The van der Waals surface area contributed by atoms with Gasteiger partial charge in [-0.2, -0.15) is 0 Å². The summed E-state index contributed by atoms with van der Waals surface area (Å²) in [6.45, 7) is 0. The van der Waals surface area contributed by atoms with E-state index >= 15 is 0 Å². The van der Waals surface area contributed by atoms with Crippen LogP contribution in [0.4, 0.5) is 0 Å². The summed E-state index contributed by atoms with van der Waals surface area (Å²) in [6, 6.07) is 10.3. The molecule has 122 valence electrons. The van der Waals surface area contributed by atoms with Crippen LogP contribution in [0.25, 0.3) is 0 Å². The molecule has 0 spiro atoms. The highest BCUT2D eigenvalue weighted by molar-refractivity contribution is 9.10. The van der Waals surface area contributed by atoms with Crippen LogP contribution in [-0.4, -0.2) is 30.4 Å². The van der Waals surface area contributed by atoms with Crippen molar-refractivity contribution in [1.29, 1.82) is 0 Å². The highest BCUT2D eigenvalue weighted by Crippen LogP contribution is 2.36. The predicted octanol–water partition coefficient (Wildman–Crippen LogP) is 3.58. The molecule has 0 amide bonds. The highest BCUT2D eigenvalue weighted by Gasteiger charge is 2.22. The van der Waals surface area contributed by atoms with Crippen molar-refractivity contribution in [3.05, 3.63) is 52.0 Å². The zero-order valence-corrected chi connectivity index (χ0v) is 14.3. The topological polar surface area (TPSA) is 76.0 Å². The first kappa shape index (κ1) is 17.1. The van der Waals surface area contributed by atoms with Crippen molar-refractivity contribution < 1.29 is 24.5 Å². The first-order valence-corrected chi connectivity index (χ1v) is 7.67.